The topological polar surface area (TPSA) is 64.9 Å². The molecule has 0 saturated carbocycles. The molecule has 2 rings (SSSR count). The van der Waals surface area contributed by atoms with Gasteiger partial charge in [0.25, 0.3) is 0 Å². The first kappa shape index (κ1) is 12.5. The zero-order valence-corrected chi connectivity index (χ0v) is 10.8. The van der Waals surface area contributed by atoms with Crippen molar-refractivity contribution >= 4 is 0 Å². The molecule has 1 aromatic heterocycles. The molecule has 0 aliphatic carbocycles. The predicted octanol–water partition coefficient (Wildman–Crippen LogP) is 0.741. The third-order valence-corrected chi connectivity index (χ3v) is 2.76. The van der Waals surface area contributed by atoms with E-state index in [2.05, 4.69) is 20.8 Å². The van der Waals surface area contributed by atoms with Gasteiger partial charge in [-0.25, -0.2) is 0 Å². The molecule has 0 saturated heterocycles. The van der Waals surface area contributed by atoms with Crippen LogP contribution in [0.25, 0.3) is 5.69 Å². The fraction of sp³-hybridized carbons (Fsp3) is 0.417. The lowest BCUT2D eigenvalue weighted by Gasteiger charge is -2.08. The number of likely N-dealkylation sites (N-methyl/N-ethyl adjacent to an activating group) is 1. The second-order valence-corrected chi connectivity index (χ2v) is 4.01. The Bertz CT molecular complexity index is 523. The molecule has 0 unspecified atom stereocenters. The number of aryl methyl sites for hydroxylation is 1. The third kappa shape index (κ3) is 2.48. The first-order valence-electron chi connectivity index (χ1n) is 5.83. The first-order chi connectivity index (χ1) is 8.76. The minimum Gasteiger partial charge on any atom is -0.496 e. The summed E-state index contributed by atoms with van der Waals surface area (Å²) in [6.45, 7) is 2.84. The van der Waals surface area contributed by atoms with Crippen LogP contribution in [0, 0.1) is 6.92 Å². The van der Waals surface area contributed by atoms with Crippen molar-refractivity contribution in [3.63, 3.8) is 0 Å². The first-order valence-corrected chi connectivity index (χ1v) is 5.83. The van der Waals surface area contributed by atoms with Crippen LogP contribution in [0.4, 0.5) is 0 Å². The van der Waals surface area contributed by atoms with E-state index < -0.39 is 0 Å². The van der Waals surface area contributed by atoms with E-state index in [1.807, 2.05) is 32.2 Å². The molecule has 6 nitrogen and oxygen atoms in total. The van der Waals surface area contributed by atoms with Crippen LogP contribution >= 0.6 is 0 Å². The van der Waals surface area contributed by atoms with Gasteiger partial charge in [-0.15, -0.1) is 5.10 Å². The summed E-state index contributed by atoms with van der Waals surface area (Å²) in [7, 11) is 3.57. The van der Waals surface area contributed by atoms with Gasteiger partial charge < -0.3 is 10.1 Å². The van der Waals surface area contributed by atoms with Crippen LogP contribution < -0.4 is 10.1 Å². The van der Waals surface area contributed by atoms with Gasteiger partial charge in [-0.2, -0.15) is 4.68 Å². The Hall–Kier alpha value is -1.95. The molecule has 0 fully saturated rings. The number of tetrazole rings is 1. The van der Waals surface area contributed by atoms with Gasteiger partial charge in [0.15, 0.2) is 5.82 Å². The van der Waals surface area contributed by atoms with Crippen molar-refractivity contribution in [3.05, 3.63) is 29.6 Å². The molecule has 96 valence electrons. The van der Waals surface area contributed by atoms with Crippen molar-refractivity contribution < 1.29 is 4.74 Å². The third-order valence-electron chi connectivity index (χ3n) is 2.76. The zero-order valence-electron chi connectivity index (χ0n) is 10.8. The van der Waals surface area contributed by atoms with Crippen LogP contribution in [0.5, 0.6) is 5.75 Å². The molecule has 0 spiro atoms. The lowest BCUT2D eigenvalue weighted by atomic mass is 10.2. The average molecular weight is 247 g/mol. The summed E-state index contributed by atoms with van der Waals surface area (Å²) in [5, 5.41) is 14.9. The smallest absolute Gasteiger partial charge is 0.157 e. The van der Waals surface area contributed by atoms with Crippen LogP contribution in [0.2, 0.25) is 0 Å². The SMILES string of the molecule is CNCCc1nnnn1-c1ccc(OC)c(C)c1. The predicted molar refractivity (Wildman–Crippen MR) is 68.1 cm³/mol. The number of methoxy groups -OCH3 is 1. The quantitative estimate of drug-likeness (QED) is 0.844. The highest BCUT2D eigenvalue weighted by Crippen LogP contribution is 2.20. The highest BCUT2D eigenvalue weighted by molar-refractivity contribution is 5.43. The molecule has 0 radical (unpaired) electrons. The van der Waals surface area contributed by atoms with Crippen LogP contribution in [0.3, 0.4) is 0 Å². The molecule has 1 aromatic carbocycles. The lowest BCUT2D eigenvalue weighted by molar-refractivity contribution is 0.411. The Kier molecular flexibility index (Phi) is 3.88. The number of hydrogen-bond donors (Lipinski definition) is 1. The Morgan fingerprint density at radius 2 is 2.22 bits per heavy atom. The Labute approximate surface area is 106 Å². The van der Waals surface area contributed by atoms with Gasteiger partial charge in [-0.05, 0) is 48.2 Å². The van der Waals surface area contributed by atoms with E-state index in [1.165, 1.54) is 0 Å². The fourth-order valence-corrected chi connectivity index (χ4v) is 1.79. The average Bonchev–Trinajstić information content (AvgIpc) is 2.84. The second kappa shape index (κ2) is 5.59. The van der Waals surface area contributed by atoms with E-state index >= 15 is 0 Å². The highest BCUT2D eigenvalue weighted by Gasteiger charge is 2.09. The van der Waals surface area contributed by atoms with Crippen molar-refractivity contribution in [2.75, 3.05) is 20.7 Å². The number of rotatable bonds is 5. The molecule has 0 aliphatic rings. The maximum atomic E-state index is 5.24. The monoisotopic (exact) mass is 247 g/mol. The Balaban J connectivity index is 2.31. The van der Waals surface area contributed by atoms with Crippen LogP contribution in [0.15, 0.2) is 18.2 Å². The molecule has 2 aromatic rings. The van der Waals surface area contributed by atoms with E-state index in [1.54, 1.807) is 11.8 Å². The van der Waals surface area contributed by atoms with E-state index in [0.29, 0.717) is 0 Å². The fourth-order valence-electron chi connectivity index (χ4n) is 1.79. The van der Waals surface area contributed by atoms with E-state index in [0.717, 1.165) is 35.8 Å². The van der Waals surface area contributed by atoms with E-state index in [-0.39, 0.29) is 0 Å². The van der Waals surface area contributed by atoms with Crippen molar-refractivity contribution in [1.29, 1.82) is 0 Å². The van der Waals surface area contributed by atoms with Crippen molar-refractivity contribution in [3.8, 4) is 11.4 Å². The van der Waals surface area contributed by atoms with E-state index in [9.17, 15) is 0 Å². The normalized spacial score (nSPS) is 10.6. The van der Waals surface area contributed by atoms with Gasteiger partial charge in [0.05, 0.1) is 12.8 Å². The molecular formula is C12H17N5O. The number of ether oxygens (including phenoxy) is 1. The van der Waals surface area contributed by atoms with Crippen LogP contribution in [0.1, 0.15) is 11.4 Å². The maximum Gasteiger partial charge on any atom is 0.157 e. The molecule has 0 aliphatic heterocycles. The number of benzene rings is 1. The molecule has 0 amide bonds. The molecule has 0 bridgehead atoms. The van der Waals surface area contributed by atoms with Crippen molar-refractivity contribution in [1.82, 2.24) is 25.5 Å². The van der Waals surface area contributed by atoms with Gasteiger partial charge in [-0.3, -0.25) is 0 Å². The molecule has 1 N–H and O–H groups in total. The molecule has 1 heterocycles. The number of nitrogens with one attached hydrogen (secondary N) is 1. The second-order valence-electron chi connectivity index (χ2n) is 4.01. The van der Waals surface area contributed by atoms with Crippen molar-refractivity contribution in [2.24, 2.45) is 0 Å². The maximum absolute atomic E-state index is 5.24. The molecule has 6 heteroatoms. The number of aromatic nitrogens is 4. The standard InChI is InChI=1S/C12H17N5O/c1-9-8-10(4-5-11(9)18-3)17-12(6-7-13-2)14-15-16-17/h4-5,8,13H,6-7H2,1-3H3. The summed E-state index contributed by atoms with van der Waals surface area (Å²) in [5.74, 6) is 1.71. The minimum atomic E-state index is 0.786. The lowest BCUT2D eigenvalue weighted by Crippen LogP contribution is -2.14. The van der Waals surface area contributed by atoms with Crippen LogP contribution in [-0.2, 0) is 6.42 Å². The summed E-state index contributed by atoms with van der Waals surface area (Å²) in [6, 6.07) is 5.89. The van der Waals surface area contributed by atoms with Gasteiger partial charge in [-0.1, -0.05) is 0 Å². The van der Waals surface area contributed by atoms with Crippen molar-refractivity contribution in [2.45, 2.75) is 13.3 Å². The molecular weight excluding hydrogens is 230 g/mol. The summed E-state index contributed by atoms with van der Waals surface area (Å²) in [6.07, 6.45) is 0.786. The van der Waals surface area contributed by atoms with Gasteiger partial charge in [0.2, 0.25) is 0 Å². The Morgan fingerprint density at radius 3 is 2.89 bits per heavy atom. The van der Waals surface area contributed by atoms with Crippen LogP contribution in [-0.4, -0.2) is 40.9 Å². The largest absolute Gasteiger partial charge is 0.496 e. The summed E-state index contributed by atoms with van der Waals surface area (Å²) in [5.41, 5.74) is 2.01. The highest BCUT2D eigenvalue weighted by atomic mass is 16.5. The molecule has 0 atom stereocenters. The zero-order chi connectivity index (χ0) is 13.0. The van der Waals surface area contributed by atoms with Gasteiger partial charge >= 0.3 is 0 Å². The minimum absolute atomic E-state index is 0.786. The molecule has 18 heavy (non-hydrogen) atoms. The summed E-state index contributed by atoms with van der Waals surface area (Å²) in [4.78, 5) is 0. The number of nitrogens with zero attached hydrogens (tertiary/aromatic N) is 4. The van der Waals surface area contributed by atoms with Gasteiger partial charge in [0, 0.05) is 13.0 Å². The van der Waals surface area contributed by atoms with Gasteiger partial charge in [0.1, 0.15) is 5.75 Å². The summed E-state index contributed by atoms with van der Waals surface area (Å²) < 4.78 is 7.00. The number of hydrogen-bond acceptors (Lipinski definition) is 5. The van der Waals surface area contributed by atoms with E-state index in [4.69, 9.17) is 4.74 Å². The summed E-state index contributed by atoms with van der Waals surface area (Å²) >= 11 is 0. The Morgan fingerprint density at radius 1 is 1.39 bits per heavy atom.